The van der Waals surface area contributed by atoms with Gasteiger partial charge < -0.3 is 9.88 Å². The third-order valence-corrected chi connectivity index (χ3v) is 3.21. The summed E-state index contributed by atoms with van der Waals surface area (Å²) in [5, 5.41) is 0. The third kappa shape index (κ3) is 2.46. The van der Waals surface area contributed by atoms with Crippen LogP contribution in [0, 0.1) is 11.8 Å². The molecular formula is C13H20N2O. The molecule has 1 aromatic heterocycles. The number of H-pyrrole nitrogens is 1. The van der Waals surface area contributed by atoms with Crippen LogP contribution in [0.4, 0.5) is 0 Å². The van der Waals surface area contributed by atoms with E-state index in [1.807, 2.05) is 17.0 Å². The molecule has 0 spiro atoms. The molecule has 1 aromatic rings. The average molecular weight is 220 g/mol. The monoisotopic (exact) mass is 220 g/mol. The second-order valence-corrected chi connectivity index (χ2v) is 5.12. The van der Waals surface area contributed by atoms with Crippen LogP contribution in [0.5, 0.6) is 0 Å². The van der Waals surface area contributed by atoms with Crippen molar-refractivity contribution < 1.29 is 4.79 Å². The van der Waals surface area contributed by atoms with Crippen molar-refractivity contribution >= 4 is 5.91 Å². The van der Waals surface area contributed by atoms with Crippen molar-refractivity contribution in [3.05, 3.63) is 24.0 Å². The molecule has 88 valence electrons. The zero-order chi connectivity index (χ0) is 11.5. The summed E-state index contributed by atoms with van der Waals surface area (Å²) < 4.78 is 0. The molecule has 0 saturated carbocycles. The first-order valence-electron chi connectivity index (χ1n) is 6.09. The van der Waals surface area contributed by atoms with E-state index in [0.717, 1.165) is 25.4 Å². The molecule has 0 aromatic carbocycles. The molecule has 1 fully saturated rings. The molecule has 0 bridgehead atoms. The minimum absolute atomic E-state index is 0.149. The van der Waals surface area contributed by atoms with E-state index in [1.54, 1.807) is 6.20 Å². The molecule has 1 amide bonds. The number of aromatic amines is 1. The molecular weight excluding hydrogens is 200 g/mol. The smallest absolute Gasteiger partial charge is 0.270 e. The quantitative estimate of drug-likeness (QED) is 0.834. The molecule has 0 radical (unpaired) electrons. The van der Waals surface area contributed by atoms with Crippen molar-refractivity contribution in [2.24, 2.45) is 11.8 Å². The van der Waals surface area contributed by atoms with Gasteiger partial charge >= 0.3 is 0 Å². The molecule has 1 aliphatic rings. The van der Waals surface area contributed by atoms with E-state index < -0.39 is 0 Å². The lowest BCUT2D eigenvalue weighted by atomic mass is 9.97. The van der Waals surface area contributed by atoms with Gasteiger partial charge in [0, 0.05) is 19.3 Å². The van der Waals surface area contributed by atoms with Gasteiger partial charge in [-0.2, -0.15) is 0 Å². The fourth-order valence-corrected chi connectivity index (χ4v) is 2.51. The summed E-state index contributed by atoms with van der Waals surface area (Å²) in [5.41, 5.74) is 0.713. The Hall–Kier alpha value is -1.25. The van der Waals surface area contributed by atoms with Crippen molar-refractivity contribution in [3.8, 4) is 0 Å². The highest BCUT2D eigenvalue weighted by Crippen LogP contribution is 2.24. The van der Waals surface area contributed by atoms with Gasteiger partial charge in [-0.05, 0) is 36.8 Å². The lowest BCUT2D eigenvalue weighted by Gasteiger charge is -2.16. The van der Waals surface area contributed by atoms with E-state index in [0.29, 0.717) is 11.6 Å². The summed E-state index contributed by atoms with van der Waals surface area (Å²) >= 11 is 0. The van der Waals surface area contributed by atoms with Crippen LogP contribution in [0.25, 0.3) is 0 Å². The van der Waals surface area contributed by atoms with Gasteiger partial charge in [0.05, 0.1) is 0 Å². The molecule has 2 heterocycles. The third-order valence-electron chi connectivity index (χ3n) is 3.21. The second-order valence-electron chi connectivity index (χ2n) is 5.12. The van der Waals surface area contributed by atoms with Crippen LogP contribution in [-0.4, -0.2) is 28.9 Å². The Balaban J connectivity index is 1.91. The van der Waals surface area contributed by atoms with E-state index in [4.69, 9.17) is 0 Å². The zero-order valence-corrected chi connectivity index (χ0v) is 10.1. The minimum Gasteiger partial charge on any atom is -0.357 e. The van der Waals surface area contributed by atoms with E-state index in [9.17, 15) is 4.79 Å². The number of carbonyl (C=O) groups excluding carboxylic acids is 1. The van der Waals surface area contributed by atoms with E-state index >= 15 is 0 Å². The van der Waals surface area contributed by atoms with Crippen molar-refractivity contribution in [2.75, 3.05) is 13.1 Å². The van der Waals surface area contributed by atoms with Gasteiger partial charge in [0.15, 0.2) is 0 Å². The maximum absolute atomic E-state index is 12.0. The molecule has 1 atom stereocenters. The summed E-state index contributed by atoms with van der Waals surface area (Å²) in [6.07, 6.45) is 4.19. The predicted octanol–water partition coefficient (Wildman–Crippen LogP) is 2.52. The summed E-state index contributed by atoms with van der Waals surface area (Å²) in [7, 11) is 0. The number of rotatable bonds is 3. The van der Waals surface area contributed by atoms with Crippen LogP contribution in [-0.2, 0) is 0 Å². The zero-order valence-electron chi connectivity index (χ0n) is 10.1. The van der Waals surface area contributed by atoms with Crippen molar-refractivity contribution in [1.29, 1.82) is 0 Å². The first-order chi connectivity index (χ1) is 7.66. The molecule has 16 heavy (non-hydrogen) atoms. The number of carbonyl (C=O) groups is 1. The van der Waals surface area contributed by atoms with E-state index in [1.165, 1.54) is 6.42 Å². The summed E-state index contributed by atoms with van der Waals surface area (Å²) in [6.45, 7) is 6.33. The van der Waals surface area contributed by atoms with Gasteiger partial charge in [-0.25, -0.2) is 0 Å². The standard InChI is InChI=1S/C13H20N2O/c1-10(2)8-11-5-7-15(9-11)13(16)12-4-3-6-14-12/h3-4,6,10-11,14H,5,7-9H2,1-2H3/t11-/m1/s1. The molecule has 3 nitrogen and oxygen atoms in total. The van der Waals surface area contributed by atoms with Crippen LogP contribution in [0.3, 0.4) is 0 Å². The number of hydrogen-bond donors (Lipinski definition) is 1. The number of amides is 1. The fourth-order valence-electron chi connectivity index (χ4n) is 2.51. The van der Waals surface area contributed by atoms with Crippen molar-refractivity contribution in [3.63, 3.8) is 0 Å². The lowest BCUT2D eigenvalue weighted by molar-refractivity contribution is 0.0780. The first-order valence-corrected chi connectivity index (χ1v) is 6.09. The Bertz CT molecular complexity index is 343. The van der Waals surface area contributed by atoms with Crippen LogP contribution in [0.2, 0.25) is 0 Å². The Morgan fingerprint density at radius 3 is 3.06 bits per heavy atom. The highest BCUT2D eigenvalue weighted by molar-refractivity contribution is 5.92. The molecule has 1 saturated heterocycles. The van der Waals surface area contributed by atoms with Crippen molar-refractivity contribution in [1.82, 2.24) is 9.88 Å². The highest BCUT2D eigenvalue weighted by Gasteiger charge is 2.27. The van der Waals surface area contributed by atoms with E-state index in [2.05, 4.69) is 18.8 Å². The normalized spacial score (nSPS) is 20.7. The van der Waals surface area contributed by atoms with Crippen LogP contribution in [0.15, 0.2) is 18.3 Å². The van der Waals surface area contributed by atoms with Gasteiger partial charge in [-0.15, -0.1) is 0 Å². The number of nitrogens with one attached hydrogen (secondary N) is 1. The highest BCUT2D eigenvalue weighted by atomic mass is 16.2. The lowest BCUT2D eigenvalue weighted by Crippen LogP contribution is -2.29. The van der Waals surface area contributed by atoms with Gasteiger partial charge in [-0.1, -0.05) is 13.8 Å². The topological polar surface area (TPSA) is 36.1 Å². The Labute approximate surface area is 96.8 Å². The average Bonchev–Trinajstić information content (AvgIpc) is 2.84. The summed E-state index contributed by atoms with van der Waals surface area (Å²) in [4.78, 5) is 17.0. The number of aromatic nitrogens is 1. The Morgan fingerprint density at radius 1 is 1.62 bits per heavy atom. The molecule has 2 rings (SSSR count). The molecule has 1 N–H and O–H groups in total. The van der Waals surface area contributed by atoms with Gasteiger partial charge in [-0.3, -0.25) is 4.79 Å². The van der Waals surface area contributed by atoms with Crippen LogP contribution < -0.4 is 0 Å². The predicted molar refractivity (Wildman–Crippen MR) is 64.3 cm³/mol. The first kappa shape index (κ1) is 11.2. The molecule has 0 aliphatic carbocycles. The fraction of sp³-hybridized carbons (Fsp3) is 0.615. The van der Waals surface area contributed by atoms with Gasteiger partial charge in [0.25, 0.3) is 5.91 Å². The maximum Gasteiger partial charge on any atom is 0.270 e. The number of nitrogens with zero attached hydrogens (tertiary/aromatic N) is 1. The number of likely N-dealkylation sites (tertiary alicyclic amines) is 1. The minimum atomic E-state index is 0.149. The molecule has 0 unspecified atom stereocenters. The maximum atomic E-state index is 12.0. The Morgan fingerprint density at radius 2 is 2.44 bits per heavy atom. The van der Waals surface area contributed by atoms with Gasteiger partial charge in [0.1, 0.15) is 5.69 Å². The van der Waals surface area contributed by atoms with Crippen molar-refractivity contribution in [2.45, 2.75) is 26.7 Å². The molecule has 3 heteroatoms. The second kappa shape index (κ2) is 4.73. The molecule has 1 aliphatic heterocycles. The van der Waals surface area contributed by atoms with Gasteiger partial charge in [0.2, 0.25) is 0 Å². The summed E-state index contributed by atoms with van der Waals surface area (Å²) in [6, 6.07) is 3.72. The SMILES string of the molecule is CC(C)C[C@H]1CCN(C(=O)c2ccc[nH]2)C1. The van der Waals surface area contributed by atoms with Crippen LogP contribution in [0.1, 0.15) is 37.2 Å². The van der Waals surface area contributed by atoms with E-state index in [-0.39, 0.29) is 5.91 Å². The Kier molecular flexibility index (Phi) is 3.32. The summed E-state index contributed by atoms with van der Waals surface area (Å²) in [5.74, 6) is 1.57. The number of hydrogen-bond acceptors (Lipinski definition) is 1. The largest absolute Gasteiger partial charge is 0.357 e. The van der Waals surface area contributed by atoms with Crippen LogP contribution >= 0.6 is 0 Å².